The molecule has 0 rings (SSSR count). The Morgan fingerprint density at radius 1 is 1.20 bits per heavy atom. The van der Waals surface area contributed by atoms with Gasteiger partial charge in [0.1, 0.15) is 0 Å². The van der Waals surface area contributed by atoms with Crippen LogP contribution in [-0.4, -0.2) is 23.9 Å². The fraction of sp³-hybridized carbons (Fsp3) is 0.833. The normalized spacial score (nSPS) is 13.7. The molecule has 1 amide bonds. The van der Waals surface area contributed by atoms with E-state index in [0.717, 1.165) is 32.4 Å². The maximum Gasteiger partial charge on any atom is 0.222 e. The minimum absolute atomic E-state index is 0.324. The second-order valence-corrected chi connectivity index (χ2v) is 6.19. The Bertz CT molecular complexity index is 292. The van der Waals surface area contributed by atoms with Crippen molar-refractivity contribution in [2.24, 2.45) is 11.8 Å². The molecule has 0 bridgehead atoms. The molecular weight excluding hydrogens is 246 g/mol. The lowest BCUT2D eigenvalue weighted by Crippen LogP contribution is -2.36. The minimum atomic E-state index is 0.324. The molecule has 0 aliphatic carbocycles. The lowest BCUT2D eigenvalue weighted by Gasteiger charge is -2.30. The number of nitrogens with zero attached hydrogens (tertiary/aromatic N) is 1. The number of carbonyl (C=O) groups is 1. The predicted octanol–water partition coefficient (Wildman–Crippen LogP) is 5.04. The van der Waals surface area contributed by atoms with Gasteiger partial charge in [-0.1, -0.05) is 38.8 Å². The van der Waals surface area contributed by atoms with Gasteiger partial charge in [-0.3, -0.25) is 4.79 Å². The second kappa shape index (κ2) is 10.9. The molecule has 2 unspecified atom stereocenters. The molecule has 20 heavy (non-hydrogen) atoms. The van der Waals surface area contributed by atoms with Crippen molar-refractivity contribution in [3.63, 3.8) is 0 Å². The van der Waals surface area contributed by atoms with Gasteiger partial charge in [0.05, 0.1) is 0 Å². The molecule has 0 aromatic rings. The smallest absolute Gasteiger partial charge is 0.222 e. The zero-order chi connectivity index (χ0) is 15.5. The molecule has 0 aliphatic heterocycles. The van der Waals surface area contributed by atoms with Crippen LogP contribution in [0.2, 0.25) is 0 Å². The van der Waals surface area contributed by atoms with Gasteiger partial charge in [0, 0.05) is 19.5 Å². The van der Waals surface area contributed by atoms with Crippen LogP contribution in [0, 0.1) is 11.8 Å². The van der Waals surface area contributed by atoms with E-state index in [9.17, 15) is 4.79 Å². The van der Waals surface area contributed by atoms with Crippen molar-refractivity contribution in [2.45, 2.75) is 73.6 Å². The zero-order valence-corrected chi connectivity index (χ0v) is 14.5. The Balaban J connectivity index is 4.42. The zero-order valence-electron chi connectivity index (χ0n) is 14.5. The lowest BCUT2D eigenvalue weighted by atomic mass is 9.87. The summed E-state index contributed by atoms with van der Waals surface area (Å²) in [6, 6.07) is 0. The van der Waals surface area contributed by atoms with Crippen molar-refractivity contribution in [3.05, 3.63) is 11.6 Å². The molecule has 0 heterocycles. The maximum absolute atomic E-state index is 12.1. The van der Waals surface area contributed by atoms with Gasteiger partial charge in [-0.2, -0.15) is 0 Å². The van der Waals surface area contributed by atoms with Gasteiger partial charge in [0.25, 0.3) is 0 Å². The van der Waals surface area contributed by atoms with Crippen LogP contribution in [0.15, 0.2) is 11.6 Å². The number of amides is 1. The van der Waals surface area contributed by atoms with Crippen molar-refractivity contribution in [1.82, 2.24) is 4.90 Å². The van der Waals surface area contributed by atoms with E-state index in [1.165, 1.54) is 12.0 Å². The maximum atomic E-state index is 12.1. The minimum Gasteiger partial charge on any atom is -0.343 e. The molecule has 0 radical (unpaired) electrons. The molecule has 0 aromatic heterocycles. The first-order valence-corrected chi connectivity index (χ1v) is 8.37. The molecule has 2 heteroatoms. The van der Waals surface area contributed by atoms with E-state index >= 15 is 0 Å². The summed E-state index contributed by atoms with van der Waals surface area (Å²) in [7, 11) is 0. The van der Waals surface area contributed by atoms with Gasteiger partial charge in [0.2, 0.25) is 5.91 Å². The molecule has 2 atom stereocenters. The van der Waals surface area contributed by atoms with Crippen LogP contribution in [0.5, 0.6) is 0 Å². The standard InChI is InChI=1S/C18H35NO/c1-7-11-18(20)19(9-3)14-17(8-2)16(6)13-10-12-15(4)5/h12,16-17H,7-11,13-14H2,1-6H3. The van der Waals surface area contributed by atoms with Crippen molar-refractivity contribution >= 4 is 5.91 Å². The second-order valence-electron chi connectivity index (χ2n) is 6.19. The summed E-state index contributed by atoms with van der Waals surface area (Å²) in [4.78, 5) is 14.1. The molecule has 0 aromatic carbocycles. The van der Waals surface area contributed by atoms with E-state index in [0.29, 0.717) is 24.2 Å². The fourth-order valence-corrected chi connectivity index (χ4v) is 2.64. The Kier molecular flexibility index (Phi) is 10.5. The lowest BCUT2D eigenvalue weighted by molar-refractivity contribution is -0.131. The molecule has 0 fully saturated rings. The van der Waals surface area contributed by atoms with Crippen LogP contribution in [0.25, 0.3) is 0 Å². The molecule has 2 nitrogen and oxygen atoms in total. The van der Waals surface area contributed by atoms with Crippen LogP contribution < -0.4 is 0 Å². The molecule has 0 saturated carbocycles. The van der Waals surface area contributed by atoms with Crippen molar-refractivity contribution in [2.75, 3.05) is 13.1 Å². The summed E-state index contributed by atoms with van der Waals surface area (Å²) >= 11 is 0. The number of hydrogen-bond acceptors (Lipinski definition) is 1. The summed E-state index contributed by atoms with van der Waals surface area (Å²) in [5.41, 5.74) is 1.40. The summed E-state index contributed by atoms with van der Waals surface area (Å²) in [6.07, 6.45) is 7.51. The highest BCUT2D eigenvalue weighted by atomic mass is 16.2. The largest absolute Gasteiger partial charge is 0.343 e. The monoisotopic (exact) mass is 281 g/mol. The Morgan fingerprint density at radius 3 is 2.30 bits per heavy atom. The van der Waals surface area contributed by atoms with Gasteiger partial charge in [0.15, 0.2) is 0 Å². The van der Waals surface area contributed by atoms with Gasteiger partial charge < -0.3 is 4.90 Å². The Morgan fingerprint density at radius 2 is 1.85 bits per heavy atom. The number of rotatable bonds is 10. The number of allylic oxidation sites excluding steroid dienone is 2. The van der Waals surface area contributed by atoms with E-state index in [1.54, 1.807) is 0 Å². The fourth-order valence-electron chi connectivity index (χ4n) is 2.64. The van der Waals surface area contributed by atoms with Crippen LogP contribution >= 0.6 is 0 Å². The average Bonchev–Trinajstić information content (AvgIpc) is 2.39. The van der Waals surface area contributed by atoms with Crippen molar-refractivity contribution in [1.29, 1.82) is 0 Å². The highest BCUT2D eigenvalue weighted by molar-refractivity contribution is 5.76. The van der Waals surface area contributed by atoms with Gasteiger partial charge in [-0.15, -0.1) is 0 Å². The van der Waals surface area contributed by atoms with Crippen molar-refractivity contribution in [3.8, 4) is 0 Å². The highest BCUT2D eigenvalue weighted by Gasteiger charge is 2.20. The van der Waals surface area contributed by atoms with Crippen LogP contribution in [0.3, 0.4) is 0 Å². The van der Waals surface area contributed by atoms with E-state index in [2.05, 4.69) is 52.5 Å². The molecule has 118 valence electrons. The van der Waals surface area contributed by atoms with Crippen LogP contribution in [0.4, 0.5) is 0 Å². The van der Waals surface area contributed by atoms with Crippen molar-refractivity contribution < 1.29 is 4.79 Å². The first kappa shape index (κ1) is 19.2. The number of hydrogen-bond donors (Lipinski definition) is 0. The van der Waals surface area contributed by atoms with Gasteiger partial charge in [-0.25, -0.2) is 0 Å². The van der Waals surface area contributed by atoms with E-state index in [4.69, 9.17) is 0 Å². The molecular formula is C18H35NO. The SMILES string of the molecule is CCCC(=O)N(CC)CC(CC)C(C)CCC=C(C)C. The Labute approximate surface area is 126 Å². The third-order valence-electron chi connectivity index (χ3n) is 4.16. The molecule has 0 saturated heterocycles. The summed E-state index contributed by atoms with van der Waals surface area (Å²) in [6.45, 7) is 14.8. The molecule has 0 aliphatic rings. The molecule has 0 spiro atoms. The third kappa shape index (κ3) is 7.72. The summed E-state index contributed by atoms with van der Waals surface area (Å²) < 4.78 is 0. The third-order valence-corrected chi connectivity index (χ3v) is 4.16. The summed E-state index contributed by atoms with van der Waals surface area (Å²) in [5, 5.41) is 0. The van der Waals surface area contributed by atoms with Gasteiger partial charge in [-0.05, 0) is 51.9 Å². The van der Waals surface area contributed by atoms with Crippen LogP contribution in [0.1, 0.15) is 73.6 Å². The number of carbonyl (C=O) groups excluding carboxylic acids is 1. The first-order chi connectivity index (χ1) is 9.46. The Hall–Kier alpha value is -0.790. The molecule has 0 N–H and O–H groups in total. The van der Waals surface area contributed by atoms with Crippen LogP contribution in [-0.2, 0) is 4.79 Å². The van der Waals surface area contributed by atoms with E-state index in [-0.39, 0.29) is 0 Å². The first-order valence-electron chi connectivity index (χ1n) is 8.37. The van der Waals surface area contributed by atoms with Gasteiger partial charge >= 0.3 is 0 Å². The highest BCUT2D eigenvalue weighted by Crippen LogP contribution is 2.22. The summed E-state index contributed by atoms with van der Waals surface area (Å²) in [5.74, 6) is 1.63. The topological polar surface area (TPSA) is 20.3 Å². The van der Waals surface area contributed by atoms with E-state index in [1.807, 2.05) is 0 Å². The van der Waals surface area contributed by atoms with E-state index < -0.39 is 0 Å². The quantitative estimate of drug-likeness (QED) is 0.513. The average molecular weight is 281 g/mol. The predicted molar refractivity (Wildman–Crippen MR) is 88.8 cm³/mol.